The Morgan fingerprint density at radius 2 is 2.19 bits per heavy atom. The lowest BCUT2D eigenvalue weighted by Crippen LogP contribution is -2.45. The Bertz CT molecular complexity index is 384. The lowest BCUT2D eigenvalue weighted by Gasteiger charge is -2.35. The molecule has 0 atom stereocenters. The Kier molecular flexibility index (Phi) is 3.07. The minimum atomic E-state index is 0.117. The molecule has 16 heavy (non-hydrogen) atoms. The van der Waals surface area contributed by atoms with Crippen LogP contribution < -0.4 is 10.6 Å². The van der Waals surface area contributed by atoms with E-state index in [1.165, 1.54) is 0 Å². The lowest BCUT2D eigenvalue weighted by molar-refractivity contribution is 0.364. The molecule has 2 N–H and O–H groups in total. The van der Waals surface area contributed by atoms with Crippen LogP contribution in [-0.2, 0) is 0 Å². The minimum absolute atomic E-state index is 0.117. The van der Waals surface area contributed by atoms with Crippen molar-refractivity contribution in [2.24, 2.45) is 0 Å². The van der Waals surface area contributed by atoms with Crippen LogP contribution in [0.5, 0.6) is 0 Å². The fraction of sp³-hybridized carbons (Fsp3) is 0.500. The van der Waals surface area contributed by atoms with Crippen molar-refractivity contribution < 1.29 is 0 Å². The number of nitriles is 1. The SMILES string of the molecule is CC1(Nc2ccc(C#N)cn2)CCNCC1. The number of piperidine rings is 1. The van der Waals surface area contributed by atoms with E-state index in [2.05, 4.69) is 28.6 Å². The van der Waals surface area contributed by atoms with Crippen molar-refractivity contribution in [3.05, 3.63) is 23.9 Å². The number of hydrogen-bond donors (Lipinski definition) is 2. The van der Waals surface area contributed by atoms with Crippen LogP contribution in [0.3, 0.4) is 0 Å². The predicted octanol–water partition coefficient (Wildman–Crippen LogP) is 1.51. The van der Waals surface area contributed by atoms with Gasteiger partial charge < -0.3 is 10.6 Å². The number of anilines is 1. The first-order valence-corrected chi connectivity index (χ1v) is 5.57. The van der Waals surface area contributed by atoms with Crippen molar-refractivity contribution >= 4 is 5.82 Å². The molecule has 0 aliphatic carbocycles. The van der Waals surface area contributed by atoms with Gasteiger partial charge in [-0.1, -0.05) is 0 Å². The Morgan fingerprint density at radius 1 is 1.44 bits per heavy atom. The number of rotatable bonds is 2. The summed E-state index contributed by atoms with van der Waals surface area (Å²) < 4.78 is 0. The fourth-order valence-corrected chi connectivity index (χ4v) is 1.95. The van der Waals surface area contributed by atoms with Crippen molar-refractivity contribution in [3.63, 3.8) is 0 Å². The first kappa shape index (κ1) is 10.9. The third kappa shape index (κ3) is 2.50. The molecule has 1 aliphatic heterocycles. The molecule has 0 saturated carbocycles. The molecular weight excluding hydrogens is 200 g/mol. The highest BCUT2D eigenvalue weighted by atomic mass is 15.1. The van der Waals surface area contributed by atoms with Crippen LogP contribution in [0.15, 0.2) is 18.3 Å². The number of aromatic nitrogens is 1. The Labute approximate surface area is 95.7 Å². The summed E-state index contributed by atoms with van der Waals surface area (Å²) in [5.41, 5.74) is 0.716. The summed E-state index contributed by atoms with van der Waals surface area (Å²) in [6, 6.07) is 5.73. The van der Waals surface area contributed by atoms with E-state index in [0.717, 1.165) is 31.7 Å². The largest absolute Gasteiger partial charge is 0.365 e. The van der Waals surface area contributed by atoms with E-state index in [-0.39, 0.29) is 5.54 Å². The summed E-state index contributed by atoms with van der Waals surface area (Å²) in [6.07, 6.45) is 3.79. The molecule has 1 fully saturated rings. The van der Waals surface area contributed by atoms with Crippen LogP contribution >= 0.6 is 0 Å². The first-order chi connectivity index (χ1) is 7.72. The third-order valence-electron chi connectivity index (χ3n) is 3.03. The first-order valence-electron chi connectivity index (χ1n) is 5.57. The van der Waals surface area contributed by atoms with E-state index in [0.29, 0.717) is 5.56 Å². The fourth-order valence-electron chi connectivity index (χ4n) is 1.95. The maximum absolute atomic E-state index is 8.68. The maximum Gasteiger partial charge on any atom is 0.126 e. The molecule has 1 aromatic rings. The highest BCUT2D eigenvalue weighted by Crippen LogP contribution is 2.22. The van der Waals surface area contributed by atoms with Gasteiger partial charge in [-0.2, -0.15) is 5.26 Å². The summed E-state index contributed by atoms with van der Waals surface area (Å²) in [7, 11) is 0. The van der Waals surface area contributed by atoms with Gasteiger partial charge in [-0.15, -0.1) is 0 Å². The summed E-state index contributed by atoms with van der Waals surface area (Å²) in [4.78, 5) is 4.23. The van der Waals surface area contributed by atoms with Gasteiger partial charge in [0.15, 0.2) is 0 Å². The molecule has 0 spiro atoms. The molecule has 0 radical (unpaired) electrons. The van der Waals surface area contributed by atoms with Crippen LogP contribution in [0, 0.1) is 11.3 Å². The quantitative estimate of drug-likeness (QED) is 0.786. The molecule has 1 aliphatic rings. The van der Waals surface area contributed by atoms with Gasteiger partial charge >= 0.3 is 0 Å². The average Bonchev–Trinajstić information content (AvgIpc) is 2.30. The van der Waals surface area contributed by atoms with E-state index < -0.39 is 0 Å². The van der Waals surface area contributed by atoms with Crippen LogP contribution in [0.4, 0.5) is 5.82 Å². The molecule has 2 heterocycles. The minimum Gasteiger partial charge on any atom is -0.365 e. The van der Waals surface area contributed by atoms with E-state index in [1.54, 1.807) is 12.3 Å². The van der Waals surface area contributed by atoms with Gasteiger partial charge in [0, 0.05) is 11.7 Å². The monoisotopic (exact) mass is 216 g/mol. The predicted molar refractivity (Wildman–Crippen MR) is 63.1 cm³/mol. The lowest BCUT2D eigenvalue weighted by atomic mass is 9.90. The molecule has 4 nitrogen and oxygen atoms in total. The molecule has 1 saturated heterocycles. The molecule has 0 amide bonds. The van der Waals surface area contributed by atoms with Crippen LogP contribution in [-0.4, -0.2) is 23.6 Å². The zero-order valence-electron chi connectivity index (χ0n) is 9.45. The normalized spacial score (nSPS) is 18.8. The van der Waals surface area contributed by atoms with E-state index in [4.69, 9.17) is 5.26 Å². The van der Waals surface area contributed by atoms with Crippen molar-refractivity contribution in [2.45, 2.75) is 25.3 Å². The number of hydrogen-bond acceptors (Lipinski definition) is 4. The molecule has 0 bridgehead atoms. The van der Waals surface area contributed by atoms with Gasteiger partial charge in [0.1, 0.15) is 11.9 Å². The standard InChI is InChI=1S/C12H16N4/c1-12(4-6-14-7-5-12)16-11-3-2-10(8-13)9-15-11/h2-3,9,14H,4-7H2,1H3,(H,15,16). The van der Waals surface area contributed by atoms with Crippen LogP contribution in [0.1, 0.15) is 25.3 Å². The second-order valence-electron chi connectivity index (χ2n) is 4.48. The van der Waals surface area contributed by atoms with E-state index in [9.17, 15) is 0 Å². The smallest absolute Gasteiger partial charge is 0.126 e. The number of pyridine rings is 1. The van der Waals surface area contributed by atoms with Crippen molar-refractivity contribution in [3.8, 4) is 6.07 Å². The molecule has 4 heteroatoms. The zero-order valence-corrected chi connectivity index (χ0v) is 9.45. The molecule has 1 aromatic heterocycles. The Morgan fingerprint density at radius 3 is 2.75 bits per heavy atom. The van der Waals surface area contributed by atoms with Gasteiger partial charge in [0.05, 0.1) is 5.56 Å². The highest BCUT2D eigenvalue weighted by molar-refractivity contribution is 5.41. The average molecular weight is 216 g/mol. The van der Waals surface area contributed by atoms with Crippen molar-refractivity contribution in [2.75, 3.05) is 18.4 Å². The van der Waals surface area contributed by atoms with Crippen LogP contribution in [0.25, 0.3) is 0 Å². The van der Waals surface area contributed by atoms with Crippen molar-refractivity contribution in [1.29, 1.82) is 5.26 Å². The van der Waals surface area contributed by atoms with Crippen LogP contribution in [0.2, 0.25) is 0 Å². The maximum atomic E-state index is 8.68. The topological polar surface area (TPSA) is 60.7 Å². The van der Waals surface area contributed by atoms with Gasteiger partial charge in [-0.3, -0.25) is 0 Å². The Balaban J connectivity index is 2.05. The summed E-state index contributed by atoms with van der Waals surface area (Å²) in [6.45, 7) is 4.30. The van der Waals surface area contributed by atoms with E-state index >= 15 is 0 Å². The second kappa shape index (κ2) is 4.50. The second-order valence-corrected chi connectivity index (χ2v) is 4.48. The third-order valence-corrected chi connectivity index (χ3v) is 3.03. The highest BCUT2D eigenvalue weighted by Gasteiger charge is 2.26. The summed E-state index contributed by atoms with van der Waals surface area (Å²) in [5.74, 6) is 0.850. The van der Waals surface area contributed by atoms with Gasteiger partial charge in [0.25, 0.3) is 0 Å². The number of nitrogens with zero attached hydrogens (tertiary/aromatic N) is 2. The Hall–Kier alpha value is -1.60. The molecule has 0 unspecified atom stereocenters. The molecular formula is C12H16N4. The van der Waals surface area contributed by atoms with Crippen molar-refractivity contribution in [1.82, 2.24) is 10.3 Å². The van der Waals surface area contributed by atoms with Gasteiger partial charge in [-0.05, 0) is 45.0 Å². The zero-order chi connectivity index (χ0) is 11.4. The van der Waals surface area contributed by atoms with E-state index in [1.807, 2.05) is 6.07 Å². The molecule has 0 aromatic carbocycles. The summed E-state index contributed by atoms with van der Waals surface area (Å²) in [5, 5.41) is 15.5. The van der Waals surface area contributed by atoms with Gasteiger partial charge in [0.2, 0.25) is 0 Å². The number of nitrogens with one attached hydrogen (secondary N) is 2. The molecule has 84 valence electrons. The summed E-state index contributed by atoms with van der Waals surface area (Å²) >= 11 is 0. The molecule has 2 rings (SSSR count). The van der Waals surface area contributed by atoms with Gasteiger partial charge in [-0.25, -0.2) is 4.98 Å².